The van der Waals surface area contributed by atoms with Crippen LogP contribution in [0.15, 0.2) is 54.6 Å². The second kappa shape index (κ2) is 9.32. The zero-order valence-corrected chi connectivity index (χ0v) is 14.4. The molecule has 0 saturated carbocycles. The summed E-state index contributed by atoms with van der Waals surface area (Å²) in [5, 5.41) is 8.07. The van der Waals surface area contributed by atoms with Gasteiger partial charge in [0.2, 0.25) is 0 Å². The molecule has 0 saturated heterocycles. The number of amides is 3. The van der Waals surface area contributed by atoms with Crippen molar-refractivity contribution >= 4 is 17.6 Å². The highest BCUT2D eigenvalue weighted by Crippen LogP contribution is 2.22. The van der Waals surface area contributed by atoms with Crippen LogP contribution in [0.2, 0.25) is 0 Å². The summed E-state index contributed by atoms with van der Waals surface area (Å²) >= 11 is 0. The molecule has 0 spiro atoms. The third kappa shape index (κ3) is 5.53. The Labute approximate surface area is 147 Å². The van der Waals surface area contributed by atoms with Gasteiger partial charge in [0, 0.05) is 12.2 Å². The van der Waals surface area contributed by atoms with Gasteiger partial charge in [-0.3, -0.25) is 10.1 Å². The van der Waals surface area contributed by atoms with Gasteiger partial charge in [0.15, 0.2) is 0 Å². The first-order chi connectivity index (χ1) is 12.1. The zero-order valence-electron chi connectivity index (χ0n) is 14.4. The lowest BCUT2D eigenvalue weighted by atomic mass is 10.1. The first kappa shape index (κ1) is 18.3. The fraction of sp³-hybridized carbons (Fsp3) is 0.263. The van der Waals surface area contributed by atoms with Crippen LogP contribution in [0.4, 0.5) is 10.5 Å². The van der Waals surface area contributed by atoms with Gasteiger partial charge in [0.1, 0.15) is 11.8 Å². The Morgan fingerprint density at radius 3 is 2.28 bits per heavy atom. The van der Waals surface area contributed by atoms with Crippen LogP contribution in [-0.2, 0) is 4.79 Å². The number of hydrogen-bond acceptors (Lipinski definition) is 4. The van der Waals surface area contributed by atoms with E-state index in [-0.39, 0.29) is 0 Å². The van der Waals surface area contributed by atoms with Crippen LogP contribution < -0.4 is 20.7 Å². The maximum Gasteiger partial charge on any atom is 0.321 e. The third-order valence-corrected chi connectivity index (χ3v) is 3.45. The molecular weight excluding hydrogens is 318 g/mol. The Kier molecular flexibility index (Phi) is 6.83. The molecule has 0 fully saturated rings. The summed E-state index contributed by atoms with van der Waals surface area (Å²) in [6.07, 6.45) is 0. The van der Waals surface area contributed by atoms with Crippen molar-refractivity contribution in [3.05, 3.63) is 60.2 Å². The quantitative estimate of drug-likeness (QED) is 0.723. The van der Waals surface area contributed by atoms with Crippen LogP contribution in [0.25, 0.3) is 0 Å². The van der Waals surface area contributed by atoms with Crippen molar-refractivity contribution in [3.63, 3.8) is 0 Å². The molecule has 2 aromatic carbocycles. The summed E-state index contributed by atoms with van der Waals surface area (Å²) < 4.78 is 5.42. The van der Waals surface area contributed by atoms with Gasteiger partial charge in [-0.1, -0.05) is 30.3 Å². The molecule has 132 valence electrons. The predicted octanol–water partition coefficient (Wildman–Crippen LogP) is 3.08. The van der Waals surface area contributed by atoms with Gasteiger partial charge in [-0.05, 0) is 43.7 Å². The minimum Gasteiger partial charge on any atom is -0.494 e. The molecule has 0 radical (unpaired) electrons. The minimum absolute atomic E-state index is 0.425. The molecule has 0 heterocycles. The SMILES string of the molecule is CCNC(=O)NC(=O)[C@H](Nc1ccc(OCC)cc1)c1ccccc1. The van der Waals surface area contributed by atoms with Crippen molar-refractivity contribution in [2.75, 3.05) is 18.5 Å². The maximum absolute atomic E-state index is 12.5. The van der Waals surface area contributed by atoms with E-state index in [0.717, 1.165) is 17.0 Å². The standard InChI is InChI=1S/C19H23N3O3/c1-3-20-19(24)22-18(23)17(14-8-6-5-7-9-14)21-15-10-12-16(13-11-15)25-4-2/h5-13,17,21H,3-4H2,1-2H3,(H2,20,22,23,24)/t17-/m1/s1. The zero-order chi connectivity index (χ0) is 18.1. The number of carbonyl (C=O) groups is 2. The molecule has 0 aliphatic carbocycles. The van der Waals surface area contributed by atoms with E-state index in [2.05, 4.69) is 16.0 Å². The average Bonchev–Trinajstić information content (AvgIpc) is 2.62. The number of anilines is 1. The first-order valence-corrected chi connectivity index (χ1v) is 8.27. The van der Waals surface area contributed by atoms with Crippen LogP contribution in [0.1, 0.15) is 25.5 Å². The topological polar surface area (TPSA) is 79.5 Å². The third-order valence-electron chi connectivity index (χ3n) is 3.45. The van der Waals surface area contributed by atoms with Crippen LogP contribution in [0.5, 0.6) is 5.75 Å². The van der Waals surface area contributed by atoms with Gasteiger partial charge in [0.25, 0.3) is 5.91 Å². The summed E-state index contributed by atoms with van der Waals surface area (Å²) in [7, 11) is 0. The number of benzene rings is 2. The minimum atomic E-state index is -0.693. The Morgan fingerprint density at radius 2 is 1.68 bits per heavy atom. The largest absolute Gasteiger partial charge is 0.494 e. The molecule has 3 N–H and O–H groups in total. The Hall–Kier alpha value is -3.02. The molecule has 1 atom stereocenters. The molecular formula is C19H23N3O3. The van der Waals surface area contributed by atoms with Crippen LogP contribution in [0.3, 0.4) is 0 Å². The van der Waals surface area contributed by atoms with Crippen LogP contribution in [-0.4, -0.2) is 25.1 Å². The highest BCUT2D eigenvalue weighted by molar-refractivity contribution is 5.98. The Balaban J connectivity index is 2.17. The highest BCUT2D eigenvalue weighted by atomic mass is 16.5. The lowest BCUT2D eigenvalue weighted by Gasteiger charge is -2.20. The molecule has 6 nitrogen and oxygen atoms in total. The van der Waals surface area contributed by atoms with Gasteiger partial charge in [-0.2, -0.15) is 0 Å². The molecule has 0 aromatic heterocycles. The summed E-state index contributed by atoms with van der Waals surface area (Å²) in [4.78, 5) is 24.2. The summed E-state index contributed by atoms with van der Waals surface area (Å²) in [6.45, 7) is 4.75. The van der Waals surface area contributed by atoms with Gasteiger partial charge in [-0.25, -0.2) is 4.79 Å². The van der Waals surface area contributed by atoms with Crippen molar-refractivity contribution in [2.45, 2.75) is 19.9 Å². The van der Waals surface area contributed by atoms with Crippen molar-refractivity contribution in [1.82, 2.24) is 10.6 Å². The van der Waals surface area contributed by atoms with Gasteiger partial charge in [-0.15, -0.1) is 0 Å². The van der Waals surface area contributed by atoms with E-state index in [1.807, 2.05) is 61.5 Å². The number of rotatable bonds is 7. The van der Waals surface area contributed by atoms with E-state index >= 15 is 0 Å². The number of carbonyl (C=O) groups excluding carboxylic acids is 2. The van der Waals surface area contributed by atoms with Gasteiger partial charge >= 0.3 is 6.03 Å². The normalized spacial score (nSPS) is 11.3. The Morgan fingerprint density at radius 1 is 1.00 bits per heavy atom. The summed E-state index contributed by atoms with van der Waals surface area (Å²) in [6, 6.07) is 15.4. The summed E-state index contributed by atoms with van der Waals surface area (Å²) in [5.41, 5.74) is 1.52. The molecule has 25 heavy (non-hydrogen) atoms. The molecule has 0 aliphatic heterocycles. The number of hydrogen-bond donors (Lipinski definition) is 3. The maximum atomic E-state index is 12.5. The number of nitrogens with one attached hydrogen (secondary N) is 3. The lowest BCUT2D eigenvalue weighted by molar-refractivity contribution is -0.120. The number of ether oxygens (including phenoxy) is 1. The molecule has 0 bridgehead atoms. The molecule has 2 aromatic rings. The van der Waals surface area contributed by atoms with Crippen LogP contribution in [0, 0.1) is 0 Å². The Bertz CT molecular complexity index is 687. The fourth-order valence-corrected chi connectivity index (χ4v) is 2.32. The second-order valence-electron chi connectivity index (χ2n) is 5.29. The van der Waals surface area contributed by atoms with Crippen molar-refractivity contribution in [3.8, 4) is 5.75 Å². The molecule has 0 aliphatic rings. The lowest BCUT2D eigenvalue weighted by Crippen LogP contribution is -2.43. The molecule has 2 rings (SSSR count). The van der Waals surface area contributed by atoms with E-state index in [0.29, 0.717) is 13.2 Å². The predicted molar refractivity (Wildman–Crippen MR) is 97.6 cm³/mol. The average molecular weight is 341 g/mol. The second-order valence-corrected chi connectivity index (χ2v) is 5.29. The number of urea groups is 1. The molecule has 3 amide bonds. The highest BCUT2D eigenvalue weighted by Gasteiger charge is 2.22. The van der Waals surface area contributed by atoms with Crippen molar-refractivity contribution < 1.29 is 14.3 Å². The van der Waals surface area contributed by atoms with Gasteiger partial charge < -0.3 is 15.4 Å². The monoisotopic (exact) mass is 341 g/mol. The molecule has 6 heteroatoms. The summed E-state index contributed by atoms with van der Waals surface area (Å²) in [5.74, 6) is 0.335. The van der Waals surface area contributed by atoms with E-state index in [9.17, 15) is 9.59 Å². The fourth-order valence-electron chi connectivity index (χ4n) is 2.32. The van der Waals surface area contributed by atoms with Crippen molar-refractivity contribution in [1.29, 1.82) is 0 Å². The van der Waals surface area contributed by atoms with E-state index in [1.165, 1.54) is 0 Å². The van der Waals surface area contributed by atoms with E-state index in [1.54, 1.807) is 6.92 Å². The first-order valence-electron chi connectivity index (χ1n) is 8.27. The van der Waals surface area contributed by atoms with Crippen LogP contribution >= 0.6 is 0 Å². The van der Waals surface area contributed by atoms with E-state index < -0.39 is 18.0 Å². The van der Waals surface area contributed by atoms with E-state index in [4.69, 9.17) is 4.74 Å². The van der Waals surface area contributed by atoms with Gasteiger partial charge in [0.05, 0.1) is 6.61 Å². The van der Waals surface area contributed by atoms with Crippen molar-refractivity contribution in [2.24, 2.45) is 0 Å². The molecule has 0 unspecified atom stereocenters. The number of imide groups is 1. The smallest absolute Gasteiger partial charge is 0.321 e.